The molecule has 8 nitrogen and oxygen atoms in total. The van der Waals surface area contributed by atoms with E-state index in [1.165, 1.54) is 0 Å². The first-order valence-corrected chi connectivity index (χ1v) is 6.82. The van der Waals surface area contributed by atoms with E-state index < -0.39 is 47.9 Å². The first kappa shape index (κ1) is 18.0. The molecule has 0 aromatic carbocycles. The third kappa shape index (κ3) is 3.98. The highest BCUT2D eigenvalue weighted by Gasteiger charge is 2.44. The normalized spacial score (nSPS) is 28.9. The Morgan fingerprint density at radius 1 is 1.14 bits per heavy atom. The number of hydrogen-bond acceptors (Lipinski definition) is 7. The summed E-state index contributed by atoms with van der Waals surface area (Å²) < 4.78 is 0. The molecule has 21 heavy (non-hydrogen) atoms. The van der Waals surface area contributed by atoms with Gasteiger partial charge in [0.2, 0.25) is 6.04 Å². The fraction of sp³-hybridized carbons (Fsp3) is 0.846. The molecule has 1 aliphatic rings. The van der Waals surface area contributed by atoms with E-state index in [1.54, 1.807) is 13.8 Å². The van der Waals surface area contributed by atoms with Gasteiger partial charge in [-0.25, -0.2) is 0 Å². The van der Waals surface area contributed by atoms with E-state index in [2.05, 4.69) is 0 Å². The van der Waals surface area contributed by atoms with Crippen molar-refractivity contribution in [3.05, 3.63) is 21.3 Å². The Bertz CT molecular complexity index is 411. The van der Waals surface area contributed by atoms with Crippen LogP contribution in [0.1, 0.15) is 26.7 Å². The second-order valence-electron chi connectivity index (χ2n) is 5.71. The first-order chi connectivity index (χ1) is 9.70. The summed E-state index contributed by atoms with van der Waals surface area (Å²) in [5, 5.41) is 58.8. The SMILES string of the molecule is CC1=C(C)C[C@@H]([N+](=O)[O-])[C@H]([C@H](O)[C@@H](O)[C@@H](O)[C@H](O)CO)C1. The number of nitrogens with zero attached hydrogens (tertiary/aromatic N) is 1. The van der Waals surface area contributed by atoms with Crippen LogP contribution in [0.25, 0.3) is 0 Å². The molecule has 5 N–H and O–H groups in total. The van der Waals surface area contributed by atoms with Gasteiger partial charge in [-0.3, -0.25) is 10.1 Å². The van der Waals surface area contributed by atoms with Crippen LogP contribution in [0.4, 0.5) is 0 Å². The second kappa shape index (κ2) is 7.28. The molecule has 8 heteroatoms. The van der Waals surface area contributed by atoms with E-state index in [9.17, 15) is 30.5 Å². The highest BCUT2D eigenvalue weighted by molar-refractivity contribution is 5.17. The van der Waals surface area contributed by atoms with Crippen molar-refractivity contribution in [2.75, 3.05) is 6.61 Å². The molecule has 1 rings (SSSR count). The zero-order valence-electron chi connectivity index (χ0n) is 12.1. The van der Waals surface area contributed by atoms with Crippen LogP contribution in [-0.2, 0) is 0 Å². The summed E-state index contributed by atoms with van der Waals surface area (Å²) in [6.45, 7) is 2.80. The minimum Gasteiger partial charge on any atom is -0.394 e. The van der Waals surface area contributed by atoms with Gasteiger partial charge in [-0.2, -0.15) is 0 Å². The van der Waals surface area contributed by atoms with Crippen LogP contribution >= 0.6 is 0 Å². The van der Waals surface area contributed by atoms with E-state index in [-0.39, 0.29) is 12.8 Å². The molecule has 0 radical (unpaired) electrons. The number of allylic oxidation sites excluding steroid dienone is 1. The van der Waals surface area contributed by atoms with Crippen LogP contribution in [0.3, 0.4) is 0 Å². The summed E-state index contributed by atoms with van der Waals surface area (Å²) in [5.41, 5.74) is 1.78. The zero-order chi connectivity index (χ0) is 16.3. The van der Waals surface area contributed by atoms with Gasteiger partial charge in [-0.1, -0.05) is 11.1 Å². The van der Waals surface area contributed by atoms with Gasteiger partial charge in [0.25, 0.3) is 0 Å². The lowest BCUT2D eigenvalue weighted by molar-refractivity contribution is -0.535. The number of hydrogen-bond donors (Lipinski definition) is 5. The van der Waals surface area contributed by atoms with Crippen LogP contribution in [0.15, 0.2) is 11.1 Å². The van der Waals surface area contributed by atoms with Gasteiger partial charge in [0.05, 0.1) is 18.6 Å². The van der Waals surface area contributed by atoms with Crippen molar-refractivity contribution in [1.82, 2.24) is 0 Å². The Balaban J connectivity index is 2.92. The molecule has 0 bridgehead atoms. The molecule has 0 spiro atoms. The van der Waals surface area contributed by atoms with E-state index >= 15 is 0 Å². The van der Waals surface area contributed by atoms with Gasteiger partial charge in [0.1, 0.15) is 18.3 Å². The second-order valence-corrected chi connectivity index (χ2v) is 5.71. The maximum atomic E-state index is 11.1. The van der Waals surface area contributed by atoms with Gasteiger partial charge in [-0.15, -0.1) is 0 Å². The predicted octanol–water partition coefficient (Wildman–Crippen LogP) is -1.19. The lowest BCUT2D eigenvalue weighted by atomic mass is 9.76. The molecule has 0 amide bonds. The molecule has 0 aromatic rings. The summed E-state index contributed by atoms with van der Waals surface area (Å²) in [4.78, 5) is 10.6. The molecule has 0 aliphatic heterocycles. The Labute approximate surface area is 122 Å². The fourth-order valence-corrected chi connectivity index (χ4v) is 2.67. The lowest BCUT2D eigenvalue weighted by Crippen LogP contribution is -2.52. The van der Waals surface area contributed by atoms with Crippen molar-refractivity contribution < 1.29 is 30.5 Å². The van der Waals surface area contributed by atoms with E-state index in [0.29, 0.717) is 0 Å². The van der Waals surface area contributed by atoms with Crippen LogP contribution < -0.4 is 0 Å². The Kier molecular flexibility index (Phi) is 6.24. The highest BCUT2D eigenvalue weighted by atomic mass is 16.6. The number of aliphatic hydroxyl groups excluding tert-OH is 5. The Morgan fingerprint density at radius 2 is 1.67 bits per heavy atom. The molecule has 122 valence electrons. The predicted molar refractivity (Wildman–Crippen MR) is 73.0 cm³/mol. The minimum atomic E-state index is -1.77. The quantitative estimate of drug-likeness (QED) is 0.236. The molecule has 0 saturated heterocycles. The number of aliphatic hydroxyl groups is 5. The zero-order valence-corrected chi connectivity index (χ0v) is 12.1. The monoisotopic (exact) mass is 305 g/mol. The van der Waals surface area contributed by atoms with Gasteiger partial charge < -0.3 is 25.5 Å². The van der Waals surface area contributed by atoms with Crippen LogP contribution in [-0.4, -0.2) is 67.5 Å². The van der Waals surface area contributed by atoms with Crippen molar-refractivity contribution in [2.24, 2.45) is 5.92 Å². The fourth-order valence-electron chi connectivity index (χ4n) is 2.67. The van der Waals surface area contributed by atoms with Crippen molar-refractivity contribution in [1.29, 1.82) is 0 Å². The lowest BCUT2D eigenvalue weighted by Gasteiger charge is -2.35. The van der Waals surface area contributed by atoms with Gasteiger partial charge in [0, 0.05) is 11.3 Å². The molecule has 1 aliphatic carbocycles. The Morgan fingerprint density at radius 3 is 2.14 bits per heavy atom. The average Bonchev–Trinajstić information content (AvgIpc) is 2.46. The summed E-state index contributed by atoms with van der Waals surface area (Å²) in [7, 11) is 0. The van der Waals surface area contributed by atoms with Gasteiger partial charge in [-0.05, 0) is 20.3 Å². The van der Waals surface area contributed by atoms with Crippen molar-refractivity contribution in [2.45, 2.75) is 57.1 Å². The largest absolute Gasteiger partial charge is 0.394 e. The van der Waals surface area contributed by atoms with Crippen molar-refractivity contribution in [3.63, 3.8) is 0 Å². The topological polar surface area (TPSA) is 144 Å². The molecule has 0 saturated carbocycles. The summed E-state index contributed by atoms with van der Waals surface area (Å²) in [5.74, 6) is -0.862. The molecule has 0 unspecified atom stereocenters. The number of rotatable bonds is 6. The minimum absolute atomic E-state index is 0.173. The molecule has 6 atom stereocenters. The third-order valence-corrected chi connectivity index (χ3v) is 4.27. The smallest absolute Gasteiger partial charge is 0.222 e. The molecule has 0 heterocycles. The molecular weight excluding hydrogens is 282 g/mol. The molecular formula is C13H23NO7. The van der Waals surface area contributed by atoms with Crippen LogP contribution in [0.2, 0.25) is 0 Å². The van der Waals surface area contributed by atoms with Crippen molar-refractivity contribution >= 4 is 0 Å². The van der Waals surface area contributed by atoms with E-state index in [1.807, 2.05) is 0 Å². The molecule has 0 fully saturated rings. The first-order valence-electron chi connectivity index (χ1n) is 6.82. The van der Waals surface area contributed by atoms with Gasteiger partial charge in [0.15, 0.2) is 0 Å². The standard InChI is InChI=1S/C13H23NO7/c1-6-3-8(9(14(20)21)4-7(6)2)11(17)13(19)12(18)10(16)5-15/h8-13,15-19H,3-5H2,1-2H3/t8-,9-,10-,11+,12+,13-/m1/s1. The highest BCUT2D eigenvalue weighted by Crippen LogP contribution is 2.34. The summed E-state index contributed by atoms with van der Waals surface area (Å²) >= 11 is 0. The Hall–Kier alpha value is -1.06. The maximum absolute atomic E-state index is 11.1. The summed E-state index contributed by atoms with van der Waals surface area (Å²) in [6, 6.07) is -1.06. The maximum Gasteiger partial charge on any atom is 0.222 e. The van der Waals surface area contributed by atoms with E-state index in [4.69, 9.17) is 5.11 Å². The summed E-state index contributed by atoms with van der Waals surface area (Å²) in [6.07, 6.45) is -6.33. The van der Waals surface area contributed by atoms with Crippen LogP contribution in [0.5, 0.6) is 0 Å². The van der Waals surface area contributed by atoms with Gasteiger partial charge >= 0.3 is 0 Å². The van der Waals surface area contributed by atoms with E-state index in [0.717, 1.165) is 11.1 Å². The van der Waals surface area contributed by atoms with Crippen molar-refractivity contribution in [3.8, 4) is 0 Å². The number of nitro groups is 1. The third-order valence-electron chi connectivity index (χ3n) is 4.27. The molecule has 0 aromatic heterocycles. The van der Waals surface area contributed by atoms with Crippen LogP contribution in [0, 0.1) is 16.0 Å². The average molecular weight is 305 g/mol.